The molecular formula is C16H28N2. The number of amidine groups is 1. The zero-order valence-corrected chi connectivity index (χ0v) is 12.3. The maximum atomic E-state index is 4.45. The van der Waals surface area contributed by atoms with E-state index in [1.165, 1.54) is 25.7 Å². The molecule has 0 aromatic heterocycles. The lowest BCUT2D eigenvalue weighted by molar-refractivity contribution is 0.365. The van der Waals surface area contributed by atoms with Gasteiger partial charge in [-0.25, -0.2) is 9.98 Å². The molecule has 0 fully saturated rings. The first-order valence-corrected chi connectivity index (χ1v) is 6.98. The second kappa shape index (κ2) is 9.81. The Morgan fingerprint density at radius 2 is 1.67 bits per heavy atom. The molecule has 18 heavy (non-hydrogen) atoms. The average Bonchev–Trinajstić information content (AvgIpc) is 2.38. The minimum absolute atomic E-state index is 0.0553. The van der Waals surface area contributed by atoms with E-state index < -0.39 is 0 Å². The number of hydrogen-bond donors (Lipinski definition) is 0. The summed E-state index contributed by atoms with van der Waals surface area (Å²) in [7, 11) is 0. The summed E-state index contributed by atoms with van der Waals surface area (Å²) in [5.41, 5.74) is 0.0553. The molecule has 0 N–H and O–H groups in total. The minimum atomic E-state index is 0.0553. The van der Waals surface area contributed by atoms with Gasteiger partial charge in [0.1, 0.15) is 5.84 Å². The third kappa shape index (κ3) is 5.95. The topological polar surface area (TPSA) is 24.7 Å². The van der Waals surface area contributed by atoms with Crippen LogP contribution in [0.15, 0.2) is 35.4 Å². The molecule has 102 valence electrons. The fourth-order valence-electron chi connectivity index (χ4n) is 2.04. The van der Waals surface area contributed by atoms with E-state index >= 15 is 0 Å². The highest BCUT2D eigenvalue weighted by Gasteiger charge is 2.29. The van der Waals surface area contributed by atoms with Gasteiger partial charge in [0.05, 0.1) is 0 Å². The average molecular weight is 248 g/mol. The molecule has 0 aromatic carbocycles. The standard InChI is InChI=1S/C16H28N2/c1-6-10-12-16(5,13-11-7-2)15(17-9-4)18-14-8-3/h8-9,14H,3-4,6-7,10-13H2,1-2,5H3/b17-15-,18-14-. The van der Waals surface area contributed by atoms with Gasteiger partial charge < -0.3 is 0 Å². The van der Waals surface area contributed by atoms with E-state index in [9.17, 15) is 0 Å². The van der Waals surface area contributed by atoms with Gasteiger partial charge in [-0.3, -0.25) is 0 Å². The highest BCUT2D eigenvalue weighted by atomic mass is 14.9. The van der Waals surface area contributed by atoms with Crippen LogP contribution < -0.4 is 0 Å². The number of aliphatic imine (C=N–C) groups is 2. The lowest BCUT2D eigenvalue weighted by Gasteiger charge is -2.28. The Balaban J connectivity index is 5.06. The van der Waals surface area contributed by atoms with Gasteiger partial charge in [0.2, 0.25) is 0 Å². The smallest absolute Gasteiger partial charge is 0.134 e. The van der Waals surface area contributed by atoms with Crippen LogP contribution in [-0.4, -0.2) is 12.1 Å². The van der Waals surface area contributed by atoms with Gasteiger partial charge in [0.25, 0.3) is 0 Å². The fourth-order valence-corrected chi connectivity index (χ4v) is 2.04. The number of hydrogen-bond acceptors (Lipinski definition) is 1. The van der Waals surface area contributed by atoms with Gasteiger partial charge in [0, 0.05) is 17.8 Å². The van der Waals surface area contributed by atoms with Crippen LogP contribution in [0.25, 0.3) is 0 Å². The van der Waals surface area contributed by atoms with Crippen LogP contribution in [0.3, 0.4) is 0 Å². The summed E-state index contributed by atoms with van der Waals surface area (Å²) in [4.78, 5) is 8.82. The highest BCUT2D eigenvalue weighted by Crippen LogP contribution is 2.33. The Labute approximate surface area is 113 Å². The summed E-state index contributed by atoms with van der Waals surface area (Å²) in [5.74, 6) is 0.888. The summed E-state index contributed by atoms with van der Waals surface area (Å²) in [6, 6.07) is 0. The monoisotopic (exact) mass is 248 g/mol. The number of rotatable bonds is 9. The molecule has 0 aliphatic rings. The van der Waals surface area contributed by atoms with E-state index in [0.717, 1.165) is 18.7 Å². The Hall–Kier alpha value is -1.18. The first-order valence-electron chi connectivity index (χ1n) is 6.98. The first kappa shape index (κ1) is 16.8. The van der Waals surface area contributed by atoms with Gasteiger partial charge >= 0.3 is 0 Å². The number of unbranched alkanes of at least 4 members (excludes halogenated alkanes) is 2. The molecule has 0 heterocycles. The molecule has 0 aromatic rings. The molecule has 0 aliphatic heterocycles. The third-order valence-electron chi connectivity index (χ3n) is 3.22. The Bertz CT molecular complexity index is 292. The van der Waals surface area contributed by atoms with Crippen molar-refractivity contribution in [2.45, 2.75) is 59.3 Å². The van der Waals surface area contributed by atoms with Crippen LogP contribution in [0.4, 0.5) is 0 Å². The predicted octanol–water partition coefficient (Wildman–Crippen LogP) is 5.17. The summed E-state index contributed by atoms with van der Waals surface area (Å²) in [6.07, 6.45) is 12.1. The van der Waals surface area contributed by atoms with Crippen molar-refractivity contribution in [2.75, 3.05) is 0 Å². The SMILES string of the molecule is C=C/C=N\C(=N/C=C)C(C)(CCCC)CCCC. The molecule has 0 unspecified atom stereocenters. The molecule has 0 radical (unpaired) electrons. The summed E-state index contributed by atoms with van der Waals surface area (Å²) in [5, 5.41) is 0. The van der Waals surface area contributed by atoms with Crippen LogP contribution in [0, 0.1) is 5.41 Å². The molecule has 0 saturated carbocycles. The third-order valence-corrected chi connectivity index (χ3v) is 3.22. The lowest BCUT2D eigenvalue weighted by atomic mass is 9.79. The van der Waals surface area contributed by atoms with E-state index in [1.54, 1.807) is 18.5 Å². The maximum Gasteiger partial charge on any atom is 0.134 e. The fraction of sp³-hybridized carbons (Fsp3) is 0.625. The Morgan fingerprint density at radius 1 is 1.11 bits per heavy atom. The second-order valence-electron chi connectivity index (χ2n) is 4.92. The van der Waals surface area contributed by atoms with E-state index in [-0.39, 0.29) is 5.41 Å². The lowest BCUT2D eigenvalue weighted by Crippen LogP contribution is -2.26. The quantitative estimate of drug-likeness (QED) is 0.397. The second-order valence-corrected chi connectivity index (χ2v) is 4.92. The van der Waals surface area contributed by atoms with Gasteiger partial charge in [-0.2, -0.15) is 0 Å². The molecule has 0 spiro atoms. The molecule has 0 saturated heterocycles. The molecule has 0 bridgehead atoms. The van der Waals surface area contributed by atoms with E-state index in [2.05, 4.69) is 43.9 Å². The van der Waals surface area contributed by atoms with E-state index in [0.29, 0.717) is 0 Å². The van der Waals surface area contributed by atoms with Crippen molar-refractivity contribution in [1.29, 1.82) is 0 Å². The molecule has 2 nitrogen and oxygen atoms in total. The van der Waals surface area contributed by atoms with Gasteiger partial charge in [-0.1, -0.05) is 65.7 Å². The first-order chi connectivity index (χ1) is 8.64. The predicted molar refractivity (Wildman–Crippen MR) is 83.5 cm³/mol. The summed E-state index contributed by atoms with van der Waals surface area (Å²) >= 11 is 0. The van der Waals surface area contributed by atoms with Crippen LogP contribution >= 0.6 is 0 Å². The maximum absolute atomic E-state index is 4.45. The molecular weight excluding hydrogens is 220 g/mol. The van der Waals surface area contributed by atoms with Gasteiger partial charge in [-0.15, -0.1) is 0 Å². The van der Waals surface area contributed by atoms with Crippen LogP contribution in [0.1, 0.15) is 59.3 Å². The minimum Gasteiger partial charge on any atom is -0.241 e. The Morgan fingerprint density at radius 3 is 2.06 bits per heavy atom. The van der Waals surface area contributed by atoms with Crippen molar-refractivity contribution < 1.29 is 0 Å². The van der Waals surface area contributed by atoms with Gasteiger partial charge in [-0.05, 0) is 12.8 Å². The highest BCUT2D eigenvalue weighted by molar-refractivity contribution is 5.96. The van der Waals surface area contributed by atoms with Crippen molar-refractivity contribution >= 4 is 12.1 Å². The van der Waals surface area contributed by atoms with Gasteiger partial charge in [0.15, 0.2) is 0 Å². The zero-order chi connectivity index (χ0) is 13.9. The van der Waals surface area contributed by atoms with Crippen LogP contribution in [0.5, 0.6) is 0 Å². The van der Waals surface area contributed by atoms with Crippen molar-refractivity contribution in [2.24, 2.45) is 15.4 Å². The zero-order valence-electron chi connectivity index (χ0n) is 12.3. The van der Waals surface area contributed by atoms with Crippen molar-refractivity contribution in [3.63, 3.8) is 0 Å². The molecule has 0 aliphatic carbocycles. The summed E-state index contributed by atoms with van der Waals surface area (Å²) in [6.45, 7) is 14.1. The van der Waals surface area contributed by atoms with Crippen molar-refractivity contribution in [3.05, 3.63) is 25.4 Å². The molecule has 2 heteroatoms. The van der Waals surface area contributed by atoms with Crippen molar-refractivity contribution in [3.8, 4) is 0 Å². The Kier molecular flexibility index (Phi) is 9.17. The largest absolute Gasteiger partial charge is 0.241 e. The summed E-state index contributed by atoms with van der Waals surface area (Å²) < 4.78 is 0. The van der Waals surface area contributed by atoms with Crippen LogP contribution in [-0.2, 0) is 0 Å². The number of nitrogens with zero attached hydrogens (tertiary/aromatic N) is 2. The van der Waals surface area contributed by atoms with Crippen molar-refractivity contribution in [1.82, 2.24) is 0 Å². The molecule has 0 rings (SSSR count). The normalized spacial score (nSPS) is 12.9. The molecule has 0 atom stereocenters. The molecule has 0 amide bonds. The van der Waals surface area contributed by atoms with E-state index in [4.69, 9.17) is 0 Å². The number of allylic oxidation sites excluding steroid dienone is 1. The van der Waals surface area contributed by atoms with E-state index in [1.807, 2.05) is 0 Å². The van der Waals surface area contributed by atoms with Crippen LogP contribution in [0.2, 0.25) is 0 Å².